The van der Waals surface area contributed by atoms with Gasteiger partial charge in [0.15, 0.2) is 0 Å². The van der Waals surface area contributed by atoms with Gasteiger partial charge in [0.25, 0.3) is 0 Å². The Labute approximate surface area is 109 Å². The molecule has 100 valence electrons. The smallest absolute Gasteiger partial charge is 0.115 e. The van der Waals surface area contributed by atoms with E-state index in [1.165, 1.54) is 24.0 Å². The Morgan fingerprint density at radius 3 is 2.83 bits per heavy atom. The number of benzene rings is 1. The summed E-state index contributed by atoms with van der Waals surface area (Å²) in [5.41, 5.74) is 2.64. The molecule has 1 aliphatic carbocycles. The second kappa shape index (κ2) is 6.76. The molecule has 1 atom stereocenters. The molecular formula is C15H23NO2. The van der Waals surface area contributed by atoms with E-state index in [1.807, 2.05) is 12.1 Å². The Morgan fingerprint density at radius 1 is 1.17 bits per heavy atom. The summed E-state index contributed by atoms with van der Waals surface area (Å²) < 4.78 is 0. The first-order valence-corrected chi connectivity index (χ1v) is 6.97. The highest BCUT2D eigenvalue weighted by molar-refractivity contribution is 5.39. The minimum absolute atomic E-state index is 0.312. The van der Waals surface area contributed by atoms with E-state index < -0.39 is 0 Å². The average Bonchev–Trinajstić information content (AvgIpc) is 2.76. The Kier molecular flexibility index (Phi) is 5.02. The fourth-order valence-electron chi connectivity index (χ4n) is 2.68. The zero-order valence-electron chi connectivity index (χ0n) is 10.9. The van der Waals surface area contributed by atoms with Crippen molar-refractivity contribution in [1.29, 1.82) is 0 Å². The molecule has 3 heteroatoms. The molecule has 18 heavy (non-hydrogen) atoms. The van der Waals surface area contributed by atoms with E-state index in [2.05, 4.69) is 5.32 Å². The number of hydrogen-bond acceptors (Lipinski definition) is 3. The van der Waals surface area contributed by atoms with Gasteiger partial charge in [-0.3, -0.25) is 0 Å². The molecule has 0 radical (unpaired) electrons. The number of aromatic hydroxyl groups is 1. The molecule has 0 spiro atoms. The fraction of sp³-hybridized carbons (Fsp3) is 0.600. The lowest BCUT2D eigenvalue weighted by Gasteiger charge is -2.14. The maximum Gasteiger partial charge on any atom is 0.115 e. The van der Waals surface area contributed by atoms with Crippen molar-refractivity contribution in [2.75, 3.05) is 13.2 Å². The van der Waals surface area contributed by atoms with Crippen LogP contribution in [0, 0.1) is 0 Å². The first-order valence-electron chi connectivity index (χ1n) is 6.97. The van der Waals surface area contributed by atoms with Crippen molar-refractivity contribution in [3.63, 3.8) is 0 Å². The number of aliphatic hydroxyl groups is 1. The summed E-state index contributed by atoms with van der Waals surface area (Å²) in [6, 6.07) is 6.16. The number of aryl methyl sites for hydroxylation is 1. The van der Waals surface area contributed by atoms with E-state index in [9.17, 15) is 5.11 Å². The number of aliphatic hydroxyl groups excluding tert-OH is 1. The third kappa shape index (κ3) is 3.47. The van der Waals surface area contributed by atoms with Crippen molar-refractivity contribution in [2.24, 2.45) is 0 Å². The SMILES string of the molecule is OCCCCCCNC1CCc2cc(O)ccc21. The Morgan fingerprint density at radius 2 is 2.00 bits per heavy atom. The van der Waals surface area contributed by atoms with Gasteiger partial charge in [-0.2, -0.15) is 0 Å². The summed E-state index contributed by atoms with van der Waals surface area (Å²) in [7, 11) is 0. The van der Waals surface area contributed by atoms with Crippen molar-refractivity contribution in [2.45, 2.75) is 44.6 Å². The van der Waals surface area contributed by atoms with Crippen LogP contribution in [0.25, 0.3) is 0 Å². The van der Waals surface area contributed by atoms with Crippen molar-refractivity contribution < 1.29 is 10.2 Å². The maximum absolute atomic E-state index is 9.44. The van der Waals surface area contributed by atoms with Gasteiger partial charge in [0.2, 0.25) is 0 Å². The summed E-state index contributed by atoms with van der Waals surface area (Å²) >= 11 is 0. The number of phenolic OH excluding ortho intramolecular Hbond substituents is 1. The van der Waals surface area contributed by atoms with Crippen LogP contribution in [0.2, 0.25) is 0 Å². The monoisotopic (exact) mass is 249 g/mol. The van der Waals surface area contributed by atoms with Crippen LogP contribution in [-0.4, -0.2) is 23.4 Å². The second-order valence-corrected chi connectivity index (χ2v) is 5.07. The third-order valence-electron chi connectivity index (χ3n) is 3.68. The van der Waals surface area contributed by atoms with Crippen LogP contribution in [0.1, 0.15) is 49.3 Å². The summed E-state index contributed by atoms with van der Waals surface area (Å²) in [4.78, 5) is 0. The van der Waals surface area contributed by atoms with Crippen LogP contribution in [-0.2, 0) is 6.42 Å². The van der Waals surface area contributed by atoms with Gasteiger partial charge in [-0.25, -0.2) is 0 Å². The molecule has 0 fully saturated rings. The second-order valence-electron chi connectivity index (χ2n) is 5.07. The van der Waals surface area contributed by atoms with E-state index >= 15 is 0 Å². The molecule has 0 bridgehead atoms. The van der Waals surface area contributed by atoms with Crippen LogP contribution >= 0.6 is 0 Å². The van der Waals surface area contributed by atoms with Gasteiger partial charge in [0.1, 0.15) is 5.75 Å². The standard InChI is InChI=1S/C15H23NO2/c17-10-4-2-1-3-9-16-15-8-5-12-11-13(18)6-7-14(12)15/h6-7,11,15-18H,1-5,8-10H2. The summed E-state index contributed by atoms with van der Waals surface area (Å²) in [5, 5.41) is 21.7. The minimum atomic E-state index is 0.312. The van der Waals surface area contributed by atoms with Gasteiger partial charge >= 0.3 is 0 Å². The zero-order chi connectivity index (χ0) is 12.8. The molecule has 1 aromatic rings. The summed E-state index contributed by atoms with van der Waals surface area (Å²) in [6.07, 6.45) is 6.59. The number of fused-ring (bicyclic) bond motifs is 1. The molecule has 2 rings (SSSR count). The van der Waals surface area contributed by atoms with E-state index in [0.717, 1.165) is 32.2 Å². The fourth-order valence-corrected chi connectivity index (χ4v) is 2.68. The highest BCUT2D eigenvalue weighted by Gasteiger charge is 2.21. The van der Waals surface area contributed by atoms with Crippen LogP contribution in [0.15, 0.2) is 18.2 Å². The molecule has 0 saturated heterocycles. The van der Waals surface area contributed by atoms with Gasteiger partial charge in [0.05, 0.1) is 0 Å². The Balaban J connectivity index is 1.73. The van der Waals surface area contributed by atoms with Gasteiger partial charge < -0.3 is 15.5 Å². The third-order valence-corrected chi connectivity index (χ3v) is 3.68. The van der Waals surface area contributed by atoms with E-state index in [4.69, 9.17) is 5.11 Å². The normalized spacial score (nSPS) is 17.9. The molecular weight excluding hydrogens is 226 g/mol. The first-order chi connectivity index (χ1) is 8.81. The van der Waals surface area contributed by atoms with Gasteiger partial charge in [-0.05, 0) is 55.5 Å². The van der Waals surface area contributed by atoms with Gasteiger partial charge in [-0.15, -0.1) is 0 Å². The maximum atomic E-state index is 9.44. The lowest BCUT2D eigenvalue weighted by Crippen LogP contribution is -2.20. The lowest BCUT2D eigenvalue weighted by molar-refractivity contribution is 0.282. The van der Waals surface area contributed by atoms with Gasteiger partial charge in [-0.1, -0.05) is 18.9 Å². The minimum Gasteiger partial charge on any atom is -0.508 e. The molecule has 0 aliphatic heterocycles. The van der Waals surface area contributed by atoms with Crippen molar-refractivity contribution in [3.8, 4) is 5.75 Å². The number of unbranched alkanes of at least 4 members (excludes halogenated alkanes) is 3. The molecule has 1 aromatic carbocycles. The predicted octanol–water partition coefficient (Wildman–Crippen LogP) is 2.52. The quantitative estimate of drug-likeness (QED) is 0.651. The number of phenols is 1. The Bertz CT molecular complexity index is 379. The highest BCUT2D eigenvalue weighted by atomic mass is 16.3. The summed E-state index contributed by atoms with van der Waals surface area (Å²) in [5.74, 6) is 0.374. The molecule has 0 aromatic heterocycles. The Hall–Kier alpha value is -1.06. The van der Waals surface area contributed by atoms with E-state index in [-0.39, 0.29) is 0 Å². The summed E-state index contributed by atoms with van der Waals surface area (Å²) in [6.45, 7) is 1.35. The number of rotatable bonds is 7. The average molecular weight is 249 g/mol. The zero-order valence-corrected chi connectivity index (χ0v) is 10.9. The van der Waals surface area contributed by atoms with Crippen molar-refractivity contribution in [1.82, 2.24) is 5.32 Å². The van der Waals surface area contributed by atoms with Crippen LogP contribution in [0.5, 0.6) is 5.75 Å². The molecule has 1 aliphatic rings. The highest BCUT2D eigenvalue weighted by Crippen LogP contribution is 2.33. The predicted molar refractivity (Wildman–Crippen MR) is 72.7 cm³/mol. The first kappa shape index (κ1) is 13.4. The number of hydrogen-bond donors (Lipinski definition) is 3. The molecule has 0 heterocycles. The molecule has 3 N–H and O–H groups in total. The van der Waals surface area contributed by atoms with Crippen LogP contribution in [0.3, 0.4) is 0 Å². The lowest BCUT2D eigenvalue weighted by atomic mass is 10.1. The van der Waals surface area contributed by atoms with Crippen molar-refractivity contribution in [3.05, 3.63) is 29.3 Å². The molecule has 0 saturated carbocycles. The van der Waals surface area contributed by atoms with Crippen molar-refractivity contribution >= 4 is 0 Å². The number of nitrogens with one attached hydrogen (secondary N) is 1. The van der Waals surface area contributed by atoms with E-state index in [1.54, 1.807) is 6.07 Å². The largest absolute Gasteiger partial charge is 0.508 e. The van der Waals surface area contributed by atoms with E-state index in [0.29, 0.717) is 18.4 Å². The molecule has 1 unspecified atom stereocenters. The van der Waals surface area contributed by atoms with Crippen LogP contribution < -0.4 is 5.32 Å². The molecule has 3 nitrogen and oxygen atoms in total. The topological polar surface area (TPSA) is 52.5 Å². The van der Waals surface area contributed by atoms with Gasteiger partial charge in [0, 0.05) is 12.6 Å². The molecule has 0 amide bonds. The van der Waals surface area contributed by atoms with Crippen LogP contribution in [0.4, 0.5) is 0 Å².